The minimum absolute atomic E-state index is 0.0541. The first kappa shape index (κ1) is 15.5. The Bertz CT molecular complexity index is 520. The summed E-state index contributed by atoms with van der Waals surface area (Å²) in [6.07, 6.45) is 5.98. The second-order valence-electron chi connectivity index (χ2n) is 6.59. The number of carbonyl (C=O) groups is 1. The van der Waals surface area contributed by atoms with Gasteiger partial charge in [0.05, 0.1) is 6.04 Å². The number of carbonyl (C=O) groups excluding carboxylic acids is 1. The first-order valence-corrected chi connectivity index (χ1v) is 8.46. The van der Waals surface area contributed by atoms with Crippen LogP contribution in [0.25, 0.3) is 0 Å². The number of hydrogen-bond donors (Lipinski definition) is 1. The Kier molecular flexibility index (Phi) is 4.77. The number of rotatable bonds is 4. The van der Waals surface area contributed by atoms with Gasteiger partial charge in [-0.2, -0.15) is 0 Å². The molecule has 1 saturated heterocycles. The van der Waals surface area contributed by atoms with E-state index in [9.17, 15) is 9.18 Å². The van der Waals surface area contributed by atoms with Gasteiger partial charge < -0.3 is 10.2 Å². The Morgan fingerprint density at radius 1 is 1.36 bits per heavy atom. The van der Waals surface area contributed by atoms with Crippen molar-refractivity contribution in [3.63, 3.8) is 0 Å². The van der Waals surface area contributed by atoms with Gasteiger partial charge >= 0.3 is 0 Å². The Hall–Kier alpha value is -1.42. The number of nitrogens with zero attached hydrogens (tertiary/aromatic N) is 1. The van der Waals surface area contributed by atoms with Gasteiger partial charge in [-0.3, -0.25) is 4.79 Å². The Morgan fingerprint density at radius 2 is 2.18 bits per heavy atom. The molecule has 3 nitrogen and oxygen atoms in total. The highest BCUT2D eigenvalue weighted by atomic mass is 19.1. The fraction of sp³-hybridized carbons (Fsp3) is 0.611. The quantitative estimate of drug-likeness (QED) is 0.927. The second-order valence-corrected chi connectivity index (χ2v) is 6.59. The zero-order chi connectivity index (χ0) is 15.5. The monoisotopic (exact) mass is 304 g/mol. The standard InChI is InChI=1S/C18H25FN2O/c1-2-21(12-13-6-5-8-15(19)10-13)18(22)17-11-14-7-3-4-9-16(14)20-17/h5-6,8,10,14,16-17,20H,2-4,7,9,11-12H2,1H3. The Labute approximate surface area is 131 Å². The van der Waals surface area contributed by atoms with Crippen molar-refractivity contribution in [2.24, 2.45) is 5.92 Å². The van der Waals surface area contributed by atoms with Crippen LogP contribution in [0.15, 0.2) is 24.3 Å². The predicted molar refractivity (Wildman–Crippen MR) is 84.8 cm³/mol. The topological polar surface area (TPSA) is 32.3 Å². The van der Waals surface area contributed by atoms with Crippen molar-refractivity contribution >= 4 is 5.91 Å². The number of nitrogens with one attached hydrogen (secondary N) is 1. The zero-order valence-electron chi connectivity index (χ0n) is 13.2. The summed E-state index contributed by atoms with van der Waals surface area (Å²) in [6.45, 7) is 3.13. The van der Waals surface area contributed by atoms with E-state index in [0.29, 0.717) is 25.0 Å². The smallest absolute Gasteiger partial charge is 0.240 e. The molecule has 2 aliphatic rings. The molecule has 2 fully saturated rings. The SMILES string of the molecule is CCN(Cc1cccc(F)c1)C(=O)C1CC2CCCCC2N1. The van der Waals surface area contributed by atoms with Crippen LogP contribution in [0.3, 0.4) is 0 Å². The van der Waals surface area contributed by atoms with Crippen LogP contribution in [0, 0.1) is 11.7 Å². The molecule has 4 heteroatoms. The molecule has 22 heavy (non-hydrogen) atoms. The molecule has 1 aromatic rings. The van der Waals surface area contributed by atoms with Crippen molar-refractivity contribution in [1.29, 1.82) is 0 Å². The summed E-state index contributed by atoms with van der Waals surface area (Å²) in [5.74, 6) is 0.586. The van der Waals surface area contributed by atoms with Gasteiger partial charge in [-0.05, 0) is 49.8 Å². The van der Waals surface area contributed by atoms with Crippen LogP contribution < -0.4 is 5.32 Å². The summed E-state index contributed by atoms with van der Waals surface area (Å²) in [4.78, 5) is 14.6. The summed E-state index contributed by atoms with van der Waals surface area (Å²) < 4.78 is 13.3. The summed E-state index contributed by atoms with van der Waals surface area (Å²) in [5.41, 5.74) is 0.852. The first-order chi connectivity index (χ1) is 10.7. The minimum Gasteiger partial charge on any atom is -0.337 e. The van der Waals surface area contributed by atoms with E-state index in [1.807, 2.05) is 17.9 Å². The van der Waals surface area contributed by atoms with Crippen LogP contribution in [0.4, 0.5) is 4.39 Å². The van der Waals surface area contributed by atoms with E-state index in [1.165, 1.54) is 37.8 Å². The molecule has 1 N–H and O–H groups in total. The van der Waals surface area contributed by atoms with Crippen LogP contribution in [-0.4, -0.2) is 29.4 Å². The molecule has 0 bridgehead atoms. The molecule has 1 aromatic carbocycles. The Morgan fingerprint density at radius 3 is 2.91 bits per heavy atom. The van der Waals surface area contributed by atoms with Gasteiger partial charge in [0.25, 0.3) is 0 Å². The highest BCUT2D eigenvalue weighted by Gasteiger charge is 2.39. The molecule has 1 heterocycles. The van der Waals surface area contributed by atoms with Gasteiger partial charge in [0.2, 0.25) is 5.91 Å². The fourth-order valence-corrected chi connectivity index (χ4v) is 3.93. The lowest BCUT2D eigenvalue weighted by atomic mass is 9.85. The van der Waals surface area contributed by atoms with Gasteiger partial charge in [-0.1, -0.05) is 25.0 Å². The van der Waals surface area contributed by atoms with Gasteiger partial charge in [0.15, 0.2) is 0 Å². The molecular weight excluding hydrogens is 279 g/mol. The normalized spacial score (nSPS) is 27.5. The van der Waals surface area contributed by atoms with Crippen molar-refractivity contribution in [3.8, 4) is 0 Å². The molecule has 0 spiro atoms. The first-order valence-electron chi connectivity index (χ1n) is 8.46. The van der Waals surface area contributed by atoms with E-state index in [1.54, 1.807) is 6.07 Å². The van der Waals surface area contributed by atoms with Gasteiger partial charge in [0, 0.05) is 19.1 Å². The third-order valence-electron chi connectivity index (χ3n) is 5.12. The van der Waals surface area contributed by atoms with E-state index in [2.05, 4.69) is 5.32 Å². The summed E-state index contributed by atoms with van der Waals surface area (Å²) in [5, 5.41) is 3.54. The highest BCUT2D eigenvalue weighted by molar-refractivity contribution is 5.82. The molecule has 1 saturated carbocycles. The van der Waals surface area contributed by atoms with E-state index >= 15 is 0 Å². The minimum atomic E-state index is -0.244. The molecule has 120 valence electrons. The number of hydrogen-bond acceptors (Lipinski definition) is 2. The van der Waals surface area contributed by atoms with Crippen molar-refractivity contribution in [2.45, 2.75) is 57.7 Å². The van der Waals surface area contributed by atoms with Crippen LogP contribution in [-0.2, 0) is 11.3 Å². The van der Waals surface area contributed by atoms with E-state index < -0.39 is 0 Å². The number of halogens is 1. The summed E-state index contributed by atoms with van der Waals surface area (Å²) in [6, 6.07) is 6.99. The third-order valence-corrected chi connectivity index (χ3v) is 5.12. The average Bonchev–Trinajstić information content (AvgIpc) is 2.96. The summed E-state index contributed by atoms with van der Waals surface area (Å²) >= 11 is 0. The molecule has 1 aliphatic carbocycles. The van der Waals surface area contributed by atoms with E-state index in [-0.39, 0.29) is 17.8 Å². The second kappa shape index (κ2) is 6.78. The van der Waals surface area contributed by atoms with Crippen LogP contribution in [0.2, 0.25) is 0 Å². The third kappa shape index (κ3) is 3.32. The molecule has 3 unspecified atom stereocenters. The molecule has 1 aliphatic heterocycles. The number of amides is 1. The van der Waals surface area contributed by atoms with Crippen LogP contribution >= 0.6 is 0 Å². The fourth-order valence-electron chi connectivity index (χ4n) is 3.93. The lowest BCUT2D eigenvalue weighted by molar-refractivity contribution is -0.133. The van der Waals surface area contributed by atoms with Crippen LogP contribution in [0.1, 0.15) is 44.6 Å². The van der Waals surface area contributed by atoms with E-state index in [4.69, 9.17) is 0 Å². The molecular formula is C18H25FN2O. The number of fused-ring (bicyclic) bond motifs is 1. The molecule has 3 atom stereocenters. The highest BCUT2D eigenvalue weighted by Crippen LogP contribution is 2.33. The van der Waals surface area contributed by atoms with Crippen LogP contribution in [0.5, 0.6) is 0 Å². The number of benzene rings is 1. The van der Waals surface area contributed by atoms with Crippen molar-refractivity contribution in [1.82, 2.24) is 10.2 Å². The summed E-state index contributed by atoms with van der Waals surface area (Å²) in [7, 11) is 0. The molecule has 3 rings (SSSR count). The maximum Gasteiger partial charge on any atom is 0.240 e. The Balaban J connectivity index is 1.64. The largest absolute Gasteiger partial charge is 0.337 e. The number of likely N-dealkylation sites (N-methyl/N-ethyl adjacent to an activating group) is 1. The van der Waals surface area contributed by atoms with Gasteiger partial charge in [-0.15, -0.1) is 0 Å². The molecule has 0 radical (unpaired) electrons. The maximum atomic E-state index is 13.3. The van der Waals surface area contributed by atoms with Crippen molar-refractivity contribution in [3.05, 3.63) is 35.6 Å². The van der Waals surface area contributed by atoms with Gasteiger partial charge in [-0.25, -0.2) is 4.39 Å². The molecule has 1 amide bonds. The van der Waals surface area contributed by atoms with Crippen molar-refractivity contribution < 1.29 is 9.18 Å². The zero-order valence-corrected chi connectivity index (χ0v) is 13.2. The predicted octanol–water partition coefficient (Wildman–Crippen LogP) is 3.09. The average molecular weight is 304 g/mol. The maximum absolute atomic E-state index is 13.3. The molecule has 0 aromatic heterocycles. The lowest BCUT2D eigenvalue weighted by Crippen LogP contribution is -2.45. The van der Waals surface area contributed by atoms with Gasteiger partial charge in [0.1, 0.15) is 5.82 Å². The van der Waals surface area contributed by atoms with E-state index in [0.717, 1.165) is 12.0 Å². The lowest BCUT2D eigenvalue weighted by Gasteiger charge is -2.25. The van der Waals surface area contributed by atoms with Crippen molar-refractivity contribution in [2.75, 3.05) is 6.54 Å².